The predicted octanol–water partition coefficient (Wildman–Crippen LogP) is 4.70. The Kier molecular flexibility index (Phi) is 5.13. The highest BCUT2D eigenvalue weighted by Crippen LogP contribution is 2.43. The first-order valence-corrected chi connectivity index (χ1v) is 9.43. The number of esters is 1. The lowest BCUT2D eigenvalue weighted by Crippen LogP contribution is -2.21. The van der Waals surface area contributed by atoms with Crippen LogP contribution in [-0.2, 0) is 11.2 Å². The first-order chi connectivity index (χ1) is 12.1. The molecule has 0 N–H and O–H groups in total. The van der Waals surface area contributed by atoms with Gasteiger partial charge in [0.15, 0.2) is 0 Å². The standard InChI is InChI=1S/C20H20O4S/c1-3-5-6-11-14-15-17(22)16(21)12-9-7-8-10-13(12)18(15)25-19(14)20(23)24-4-2/h7-10H,3-6,11H2,1-2H3. The Balaban J connectivity index is 2.18. The Labute approximate surface area is 150 Å². The maximum Gasteiger partial charge on any atom is 0.348 e. The van der Waals surface area contributed by atoms with Gasteiger partial charge >= 0.3 is 5.97 Å². The molecule has 130 valence electrons. The van der Waals surface area contributed by atoms with E-state index in [9.17, 15) is 14.4 Å². The molecule has 0 spiro atoms. The number of ether oxygens (including phenoxy) is 1. The normalized spacial score (nSPS) is 12.7. The molecule has 25 heavy (non-hydrogen) atoms. The molecular formula is C20H20O4S. The van der Waals surface area contributed by atoms with Crippen LogP contribution in [-0.4, -0.2) is 24.1 Å². The Morgan fingerprint density at radius 1 is 1.04 bits per heavy atom. The van der Waals surface area contributed by atoms with E-state index in [1.165, 1.54) is 11.3 Å². The Morgan fingerprint density at radius 2 is 1.76 bits per heavy atom. The fraction of sp³-hybridized carbons (Fsp3) is 0.350. The summed E-state index contributed by atoms with van der Waals surface area (Å²) in [4.78, 5) is 38.8. The van der Waals surface area contributed by atoms with Gasteiger partial charge in [-0.3, -0.25) is 9.59 Å². The molecule has 0 radical (unpaired) electrons. The van der Waals surface area contributed by atoms with Gasteiger partial charge in [0.2, 0.25) is 11.6 Å². The third-order valence-electron chi connectivity index (χ3n) is 4.35. The molecule has 0 unspecified atom stereocenters. The van der Waals surface area contributed by atoms with Crippen LogP contribution >= 0.6 is 11.3 Å². The van der Waals surface area contributed by atoms with Gasteiger partial charge < -0.3 is 4.74 Å². The summed E-state index contributed by atoms with van der Waals surface area (Å²) in [5.74, 6) is -1.41. The van der Waals surface area contributed by atoms with Crippen molar-refractivity contribution in [3.05, 3.63) is 45.8 Å². The molecule has 1 aliphatic rings. The molecule has 0 atom stereocenters. The first kappa shape index (κ1) is 17.5. The van der Waals surface area contributed by atoms with Gasteiger partial charge in [-0.15, -0.1) is 11.3 Å². The van der Waals surface area contributed by atoms with Crippen LogP contribution in [0.3, 0.4) is 0 Å². The summed E-state index contributed by atoms with van der Waals surface area (Å²) in [5.41, 5.74) is 2.24. The molecule has 0 fully saturated rings. The highest BCUT2D eigenvalue weighted by molar-refractivity contribution is 7.18. The SMILES string of the molecule is CCCCCc1c(C(=O)OCC)sc2c1C(=O)C(=O)c1ccccc1-2. The number of hydrogen-bond acceptors (Lipinski definition) is 5. The van der Waals surface area contributed by atoms with Gasteiger partial charge in [0.25, 0.3) is 0 Å². The lowest BCUT2D eigenvalue weighted by atomic mass is 9.86. The van der Waals surface area contributed by atoms with Gasteiger partial charge in [-0.2, -0.15) is 0 Å². The second kappa shape index (κ2) is 7.31. The van der Waals surface area contributed by atoms with Crippen LogP contribution in [0.15, 0.2) is 24.3 Å². The van der Waals surface area contributed by atoms with Crippen LogP contribution in [0.25, 0.3) is 10.4 Å². The molecule has 3 rings (SSSR count). The van der Waals surface area contributed by atoms with E-state index in [1.54, 1.807) is 19.1 Å². The number of benzene rings is 1. The molecule has 5 heteroatoms. The quantitative estimate of drug-likeness (QED) is 0.427. The third kappa shape index (κ3) is 3.04. The number of thiophene rings is 1. The summed E-state index contributed by atoms with van der Waals surface area (Å²) >= 11 is 1.27. The van der Waals surface area contributed by atoms with Crippen molar-refractivity contribution in [1.82, 2.24) is 0 Å². The monoisotopic (exact) mass is 356 g/mol. The Bertz CT molecular complexity index is 847. The van der Waals surface area contributed by atoms with E-state index in [1.807, 2.05) is 12.1 Å². The number of hydrogen-bond donors (Lipinski definition) is 0. The highest BCUT2D eigenvalue weighted by atomic mass is 32.1. The van der Waals surface area contributed by atoms with Crippen LogP contribution in [0.2, 0.25) is 0 Å². The predicted molar refractivity (Wildman–Crippen MR) is 97.6 cm³/mol. The Morgan fingerprint density at radius 3 is 2.44 bits per heavy atom. The average molecular weight is 356 g/mol. The second-order valence-corrected chi connectivity index (χ2v) is 7.02. The molecule has 0 amide bonds. The molecule has 0 saturated carbocycles. The largest absolute Gasteiger partial charge is 0.462 e. The van der Waals surface area contributed by atoms with Crippen molar-refractivity contribution in [2.75, 3.05) is 6.61 Å². The van der Waals surface area contributed by atoms with Gasteiger partial charge in [-0.25, -0.2) is 4.79 Å². The number of ketones is 2. The van der Waals surface area contributed by atoms with Crippen molar-refractivity contribution in [3.8, 4) is 10.4 Å². The van der Waals surface area contributed by atoms with E-state index < -0.39 is 17.5 Å². The zero-order valence-electron chi connectivity index (χ0n) is 14.4. The highest BCUT2D eigenvalue weighted by Gasteiger charge is 2.36. The average Bonchev–Trinajstić information content (AvgIpc) is 3.00. The molecule has 1 aliphatic carbocycles. The fourth-order valence-corrected chi connectivity index (χ4v) is 4.44. The summed E-state index contributed by atoms with van der Waals surface area (Å²) < 4.78 is 5.18. The zero-order valence-corrected chi connectivity index (χ0v) is 15.2. The summed E-state index contributed by atoms with van der Waals surface area (Å²) in [6.45, 7) is 4.13. The number of rotatable bonds is 6. The number of Topliss-reactive ketones (excluding diaryl/α,β-unsaturated/α-hetero) is 2. The van der Waals surface area contributed by atoms with E-state index in [-0.39, 0.29) is 6.61 Å². The number of fused-ring (bicyclic) bond motifs is 3. The fourth-order valence-electron chi connectivity index (χ4n) is 3.16. The van der Waals surface area contributed by atoms with Gasteiger partial charge in [0.05, 0.1) is 6.61 Å². The van der Waals surface area contributed by atoms with Crippen molar-refractivity contribution in [3.63, 3.8) is 0 Å². The number of carbonyl (C=O) groups is 3. The molecule has 4 nitrogen and oxygen atoms in total. The molecule has 0 bridgehead atoms. The smallest absolute Gasteiger partial charge is 0.348 e. The minimum absolute atomic E-state index is 0.277. The van der Waals surface area contributed by atoms with Crippen LogP contribution in [0, 0.1) is 0 Å². The molecular weight excluding hydrogens is 336 g/mol. The van der Waals surface area contributed by atoms with E-state index >= 15 is 0 Å². The Hall–Kier alpha value is -2.27. The van der Waals surface area contributed by atoms with Crippen LogP contribution in [0.4, 0.5) is 0 Å². The topological polar surface area (TPSA) is 60.4 Å². The van der Waals surface area contributed by atoms with Crippen molar-refractivity contribution < 1.29 is 19.1 Å². The van der Waals surface area contributed by atoms with E-state index in [2.05, 4.69) is 6.92 Å². The summed E-state index contributed by atoms with van der Waals surface area (Å²) in [5, 5.41) is 0. The van der Waals surface area contributed by atoms with Crippen LogP contribution < -0.4 is 0 Å². The first-order valence-electron chi connectivity index (χ1n) is 8.61. The summed E-state index contributed by atoms with van der Waals surface area (Å²) in [7, 11) is 0. The van der Waals surface area contributed by atoms with Gasteiger partial charge in [-0.1, -0.05) is 44.0 Å². The zero-order chi connectivity index (χ0) is 18.0. The van der Waals surface area contributed by atoms with Gasteiger partial charge in [0.1, 0.15) is 4.88 Å². The number of carbonyl (C=O) groups excluding carboxylic acids is 3. The summed E-state index contributed by atoms with van der Waals surface area (Å²) in [6, 6.07) is 7.09. The van der Waals surface area contributed by atoms with Crippen molar-refractivity contribution in [1.29, 1.82) is 0 Å². The lowest BCUT2D eigenvalue weighted by Gasteiger charge is -2.15. The van der Waals surface area contributed by atoms with Crippen molar-refractivity contribution in [2.45, 2.75) is 39.5 Å². The molecule has 1 aromatic carbocycles. The van der Waals surface area contributed by atoms with Gasteiger partial charge in [0, 0.05) is 21.6 Å². The third-order valence-corrected chi connectivity index (χ3v) is 5.59. The van der Waals surface area contributed by atoms with Crippen molar-refractivity contribution >= 4 is 28.9 Å². The minimum atomic E-state index is -0.507. The van der Waals surface area contributed by atoms with Crippen molar-refractivity contribution in [2.24, 2.45) is 0 Å². The molecule has 0 saturated heterocycles. The van der Waals surface area contributed by atoms with E-state index in [4.69, 9.17) is 4.74 Å². The molecule has 1 aromatic heterocycles. The van der Waals surface area contributed by atoms with E-state index in [0.717, 1.165) is 29.7 Å². The van der Waals surface area contributed by atoms with Gasteiger partial charge in [-0.05, 0) is 25.3 Å². The maximum atomic E-state index is 12.7. The number of unbranched alkanes of at least 4 members (excludes halogenated alkanes) is 2. The minimum Gasteiger partial charge on any atom is -0.462 e. The molecule has 0 aliphatic heterocycles. The van der Waals surface area contributed by atoms with Crippen LogP contribution in [0.5, 0.6) is 0 Å². The summed E-state index contributed by atoms with van der Waals surface area (Å²) in [6.07, 6.45) is 3.52. The van der Waals surface area contributed by atoms with Crippen LogP contribution in [0.1, 0.15) is 69.1 Å². The molecule has 1 heterocycles. The molecule has 2 aromatic rings. The van der Waals surface area contributed by atoms with E-state index in [0.29, 0.717) is 28.0 Å². The second-order valence-electron chi connectivity index (χ2n) is 6.00. The lowest BCUT2D eigenvalue weighted by molar-refractivity contribution is 0.0530. The maximum absolute atomic E-state index is 12.7.